The van der Waals surface area contributed by atoms with Gasteiger partial charge in [0.1, 0.15) is 18.5 Å². The summed E-state index contributed by atoms with van der Waals surface area (Å²) in [6.45, 7) is 1.04. The van der Waals surface area contributed by atoms with Gasteiger partial charge in [0.05, 0.1) is 19.3 Å². The minimum absolute atomic E-state index is 0.0987. The van der Waals surface area contributed by atoms with E-state index in [-0.39, 0.29) is 5.91 Å². The van der Waals surface area contributed by atoms with Crippen LogP contribution in [0.15, 0.2) is 49.2 Å². The molecule has 0 aliphatic rings. The van der Waals surface area contributed by atoms with Crippen LogP contribution in [0.1, 0.15) is 12.0 Å². The Hall–Kier alpha value is -2.67. The van der Waals surface area contributed by atoms with Gasteiger partial charge in [0.15, 0.2) is 0 Å². The molecule has 1 aromatic carbocycles. The lowest BCUT2D eigenvalue weighted by atomic mass is 10.2. The highest BCUT2D eigenvalue weighted by molar-refractivity contribution is 6.30. The predicted octanol–water partition coefficient (Wildman–Crippen LogP) is 2.21. The molecule has 7 nitrogen and oxygen atoms in total. The van der Waals surface area contributed by atoms with Gasteiger partial charge in [-0.1, -0.05) is 23.7 Å². The number of amides is 1. The van der Waals surface area contributed by atoms with Gasteiger partial charge >= 0.3 is 0 Å². The van der Waals surface area contributed by atoms with Crippen LogP contribution in [0.2, 0.25) is 5.02 Å². The molecule has 8 heteroatoms. The number of carbonyl (C=O) groups excluding carboxylic acids is 1. The zero-order valence-electron chi connectivity index (χ0n) is 12.3. The van der Waals surface area contributed by atoms with Crippen molar-refractivity contribution in [1.82, 2.24) is 24.5 Å². The molecule has 1 N–H and O–H groups in total. The van der Waals surface area contributed by atoms with Crippen molar-refractivity contribution in [2.24, 2.45) is 0 Å². The molecule has 3 rings (SSSR count). The third kappa shape index (κ3) is 4.17. The predicted molar refractivity (Wildman–Crippen MR) is 86.0 cm³/mol. The Balaban J connectivity index is 1.59. The van der Waals surface area contributed by atoms with Crippen LogP contribution in [0.5, 0.6) is 0 Å². The van der Waals surface area contributed by atoms with Crippen molar-refractivity contribution in [1.29, 1.82) is 0 Å². The highest BCUT2D eigenvalue weighted by Gasteiger charge is 2.08. The Kier molecular flexibility index (Phi) is 4.68. The second-order valence-electron chi connectivity index (χ2n) is 4.96. The normalized spacial score (nSPS) is 10.7. The van der Waals surface area contributed by atoms with E-state index in [1.807, 2.05) is 24.3 Å². The highest BCUT2D eigenvalue weighted by atomic mass is 35.5. The van der Waals surface area contributed by atoms with E-state index in [0.29, 0.717) is 30.4 Å². The summed E-state index contributed by atoms with van der Waals surface area (Å²) in [6, 6.07) is 9.29. The molecule has 118 valence electrons. The average molecular weight is 331 g/mol. The average Bonchev–Trinajstić information content (AvgIpc) is 3.20. The first-order chi connectivity index (χ1) is 11.2. The van der Waals surface area contributed by atoms with Gasteiger partial charge in [0, 0.05) is 17.5 Å². The highest BCUT2D eigenvalue weighted by Crippen LogP contribution is 2.13. The largest absolute Gasteiger partial charge is 0.311 e. The molecular formula is C15H15ClN6O. The molecule has 0 unspecified atom stereocenters. The van der Waals surface area contributed by atoms with Crippen LogP contribution < -0.4 is 5.32 Å². The summed E-state index contributed by atoms with van der Waals surface area (Å²) >= 11 is 5.88. The second-order valence-corrected chi connectivity index (χ2v) is 5.39. The molecule has 2 aromatic heterocycles. The van der Waals surface area contributed by atoms with Crippen molar-refractivity contribution in [3.8, 4) is 0 Å². The molecule has 0 aliphatic carbocycles. The summed E-state index contributed by atoms with van der Waals surface area (Å²) < 4.78 is 3.35. The van der Waals surface area contributed by atoms with Crippen molar-refractivity contribution in [3.05, 3.63) is 59.8 Å². The van der Waals surface area contributed by atoms with E-state index >= 15 is 0 Å². The lowest BCUT2D eigenvalue weighted by Gasteiger charge is -2.09. The van der Waals surface area contributed by atoms with E-state index in [1.165, 1.54) is 6.33 Å². The minimum Gasteiger partial charge on any atom is -0.311 e. The zero-order chi connectivity index (χ0) is 16.1. The number of carbonyl (C=O) groups is 1. The van der Waals surface area contributed by atoms with Gasteiger partial charge in [0.25, 0.3) is 0 Å². The van der Waals surface area contributed by atoms with Crippen LogP contribution >= 0.6 is 11.6 Å². The molecule has 0 saturated heterocycles. The maximum atomic E-state index is 12.0. The summed E-state index contributed by atoms with van der Waals surface area (Å²) in [6.07, 6.45) is 5.00. The van der Waals surface area contributed by atoms with Crippen molar-refractivity contribution in [3.63, 3.8) is 0 Å². The molecule has 0 fully saturated rings. The van der Waals surface area contributed by atoms with Gasteiger partial charge in [-0.05, 0) is 17.7 Å². The van der Waals surface area contributed by atoms with Gasteiger partial charge < -0.3 is 5.32 Å². The number of hydrogen-bond donors (Lipinski definition) is 1. The summed E-state index contributed by atoms with van der Waals surface area (Å²) in [5, 5.41) is 11.8. The Morgan fingerprint density at radius 2 is 2.00 bits per heavy atom. The summed E-state index contributed by atoms with van der Waals surface area (Å²) in [7, 11) is 0. The molecule has 0 atom stereocenters. The van der Waals surface area contributed by atoms with Gasteiger partial charge in [-0.2, -0.15) is 10.2 Å². The van der Waals surface area contributed by atoms with Crippen LogP contribution in [-0.4, -0.2) is 30.5 Å². The number of benzene rings is 1. The molecule has 0 radical (unpaired) electrons. The third-order valence-corrected chi connectivity index (χ3v) is 3.52. The molecule has 0 bridgehead atoms. The Morgan fingerprint density at radius 3 is 2.74 bits per heavy atom. The zero-order valence-corrected chi connectivity index (χ0v) is 13.0. The maximum Gasteiger partial charge on any atom is 0.227 e. The van der Waals surface area contributed by atoms with E-state index < -0.39 is 0 Å². The van der Waals surface area contributed by atoms with Crippen LogP contribution in [0.4, 0.5) is 5.82 Å². The fraction of sp³-hybridized carbons (Fsp3) is 0.200. The van der Waals surface area contributed by atoms with Crippen LogP contribution in [0.25, 0.3) is 0 Å². The monoisotopic (exact) mass is 330 g/mol. The topological polar surface area (TPSA) is 77.6 Å². The minimum atomic E-state index is -0.0987. The summed E-state index contributed by atoms with van der Waals surface area (Å²) in [4.78, 5) is 15.9. The molecule has 0 aliphatic heterocycles. The van der Waals surface area contributed by atoms with Gasteiger partial charge in [-0.3, -0.25) is 9.48 Å². The second kappa shape index (κ2) is 7.06. The lowest BCUT2D eigenvalue weighted by molar-refractivity contribution is -0.116. The van der Waals surface area contributed by atoms with Crippen molar-refractivity contribution in [2.45, 2.75) is 19.5 Å². The molecule has 1 amide bonds. The quantitative estimate of drug-likeness (QED) is 0.751. The fourth-order valence-electron chi connectivity index (χ4n) is 2.10. The number of hydrogen-bond acceptors (Lipinski definition) is 4. The molecule has 2 heterocycles. The van der Waals surface area contributed by atoms with E-state index in [4.69, 9.17) is 11.6 Å². The van der Waals surface area contributed by atoms with Crippen molar-refractivity contribution < 1.29 is 4.79 Å². The molecule has 0 saturated carbocycles. The first-order valence-electron chi connectivity index (χ1n) is 7.09. The first kappa shape index (κ1) is 15.2. The molecule has 0 spiro atoms. The van der Waals surface area contributed by atoms with Gasteiger partial charge in [0.2, 0.25) is 5.91 Å². The third-order valence-electron chi connectivity index (χ3n) is 3.26. The Morgan fingerprint density at radius 1 is 1.17 bits per heavy atom. The fourth-order valence-corrected chi connectivity index (χ4v) is 2.22. The number of nitrogens with one attached hydrogen (secondary N) is 1. The van der Waals surface area contributed by atoms with Crippen molar-refractivity contribution in [2.75, 3.05) is 5.32 Å². The number of halogens is 1. The van der Waals surface area contributed by atoms with Crippen LogP contribution in [0.3, 0.4) is 0 Å². The van der Waals surface area contributed by atoms with Gasteiger partial charge in [-0.15, -0.1) is 0 Å². The van der Waals surface area contributed by atoms with Gasteiger partial charge in [-0.25, -0.2) is 9.67 Å². The number of anilines is 1. The summed E-state index contributed by atoms with van der Waals surface area (Å²) in [5.74, 6) is 0.557. The Bertz CT molecular complexity index is 766. The number of aryl methyl sites for hydroxylation is 1. The van der Waals surface area contributed by atoms with E-state index in [1.54, 1.807) is 28.0 Å². The number of rotatable bonds is 6. The van der Waals surface area contributed by atoms with Crippen LogP contribution in [-0.2, 0) is 17.9 Å². The molecule has 3 aromatic rings. The Labute approximate surface area is 137 Å². The van der Waals surface area contributed by atoms with Crippen molar-refractivity contribution >= 4 is 23.3 Å². The molecule has 23 heavy (non-hydrogen) atoms. The van der Waals surface area contributed by atoms with Crippen LogP contribution in [0, 0.1) is 0 Å². The first-order valence-corrected chi connectivity index (χ1v) is 7.47. The standard InChI is InChI=1S/C15H15ClN6O/c16-13-3-1-12(2-4-13)9-22-14(5-7-18-22)20-15(23)6-8-21-11-17-10-19-21/h1-5,7,10-11H,6,8-9H2,(H,20,23). The van der Waals surface area contributed by atoms with E-state index in [0.717, 1.165) is 5.56 Å². The molecular weight excluding hydrogens is 316 g/mol. The summed E-state index contributed by atoms with van der Waals surface area (Å²) in [5.41, 5.74) is 1.05. The lowest BCUT2D eigenvalue weighted by Crippen LogP contribution is -2.18. The number of aromatic nitrogens is 5. The SMILES string of the molecule is O=C(CCn1cncn1)Nc1ccnn1Cc1ccc(Cl)cc1. The number of nitrogens with zero attached hydrogens (tertiary/aromatic N) is 5. The smallest absolute Gasteiger partial charge is 0.227 e. The maximum absolute atomic E-state index is 12.0. The van der Waals surface area contributed by atoms with E-state index in [2.05, 4.69) is 20.5 Å². The van der Waals surface area contributed by atoms with E-state index in [9.17, 15) is 4.79 Å².